The normalized spacial score (nSPS) is 12.6. The van der Waals surface area contributed by atoms with E-state index in [0.717, 1.165) is 28.1 Å². The van der Waals surface area contributed by atoms with Gasteiger partial charge in [-0.15, -0.1) is 0 Å². The molecule has 0 radical (unpaired) electrons. The summed E-state index contributed by atoms with van der Waals surface area (Å²) < 4.78 is 0. The van der Waals surface area contributed by atoms with Crippen LogP contribution < -0.4 is 10.6 Å². The quantitative estimate of drug-likeness (QED) is 0.681. The molecule has 0 saturated heterocycles. The van der Waals surface area contributed by atoms with E-state index in [1.165, 1.54) is 0 Å². The Hall–Kier alpha value is -3.48. The number of fused-ring (bicyclic) bond motifs is 1. The highest BCUT2D eigenvalue weighted by atomic mass is 16.2. The van der Waals surface area contributed by atoms with Gasteiger partial charge >= 0.3 is 0 Å². The Balaban J connectivity index is 1.42. The fourth-order valence-electron chi connectivity index (χ4n) is 2.81. The van der Waals surface area contributed by atoms with Gasteiger partial charge in [0.2, 0.25) is 11.8 Å². The number of aromatic amines is 1. The average Bonchev–Trinajstić information content (AvgIpc) is 3.21. The molecule has 7 heteroatoms. The Morgan fingerprint density at radius 3 is 2.84 bits per heavy atom. The lowest BCUT2D eigenvalue weighted by molar-refractivity contribution is -0.116. The van der Waals surface area contributed by atoms with Crippen molar-refractivity contribution < 1.29 is 9.59 Å². The summed E-state index contributed by atoms with van der Waals surface area (Å²) in [6, 6.07) is 11.1. The van der Waals surface area contributed by atoms with Crippen LogP contribution in [-0.2, 0) is 22.4 Å². The Bertz CT molecular complexity index is 949. The number of rotatable bonds is 4. The summed E-state index contributed by atoms with van der Waals surface area (Å²) in [5.74, 6) is 0.278. The first-order valence-electron chi connectivity index (χ1n) is 7.85. The van der Waals surface area contributed by atoms with E-state index in [1.54, 1.807) is 18.5 Å². The first-order chi connectivity index (χ1) is 12.2. The summed E-state index contributed by atoms with van der Waals surface area (Å²) in [7, 11) is 0. The molecule has 0 unspecified atom stereocenters. The third kappa shape index (κ3) is 3.25. The molecule has 1 aliphatic rings. The minimum Gasteiger partial charge on any atom is -0.326 e. The zero-order valence-electron chi connectivity index (χ0n) is 13.2. The molecule has 0 bridgehead atoms. The van der Waals surface area contributed by atoms with Gasteiger partial charge in [-0.05, 0) is 29.3 Å². The monoisotopic (exact) mass is 333 g/mol. The Labute approximate surface area is 143 Å². The summed E-state index contributed by atoms with van der Waals surface area (Å²) in [5.41, 5.74) is 4.33. The van der Waals surface area contributed by atoms with E-state index in [0.29, 0.717) is 12.2 Å². The van der Waals surface area contributed by atoms with Crippen LogP contribution in [0.2, 0.25) is 0 Å². The van der Waals surface area contributed by atoms with Crippen LogP contribution >= 0.6 is 0 Å². The number of H-pyrrole nitrogens is 1. The molecule has 124 valence electrons. The maximum Gasteiger partial charge on any atom is 0.229 e. The molecule has 0 atom stereocenters. The van der Waals surface area contributed by atoms with Gasteiger partial charge in [0.1, 0.15) is 0 Å². The smallest absolute Gasteiger partial charge is 0.229 e. The third-order valence-electron chi connectivity index (χ3n) is 4.00. The van der Waals surface area contributed by atoms with Gasteiger partial charge in [-0.3, -0.25) is 19.7 Å². The van der Waals surface area contributed by atoms with E-state index in [2.05, 4.69) is 25.8 Å². The molecule has 0 fully saturated rings. The molecule has 0 aliphatic carbocycles. The van der Waals surface area contributed by atoms with Crippen molar-refractivity contribution in [2.24, 2.45) is 0 Å². The highest BCUT2D eigenvalue weighted by Gasteiger charge is 2.18. The van der Waals surface area contributed by atoms with E-state index in [1.807, 2.05) is 30.3 Å². The van der Waals surface area contributed by atoms with Crippen molar-refractivity contribution in [2.45, 2.75) is 12.8 Å². The number of carbonyl (C=O) groups excluding carboxylic acids is 2. The van der Waals surface area contributed by atoms with Gasteiger partial charge in [-0.1, -0.05) is 12.1 Å². The predicted molar refractivity (Wildman–Crippen MR) is 92.9 cm³/mol. The molecule has 1 aromatic carbocycles. The zero-order chi connectivity index (χ0) is 17.2. The number of nitrogens with one attached hydrogen (secondary N) is 3. The maximum atomic E-state index is 12.2. The largest absolute Gasteiger partial charge is 0.326 e. The summed E-state index contributed by atoms with van der Waals surface area (Å²) >= 11 is 0. The molecule has 0 saturated carbocycles. The first-order valence-corrected chi connectivity index (χ1v) is 7.85. The van der Waals surface area contributed by atoms with Crippen LogP contribution in [0.1, 0.15) is 11.1 Å². The van der Waals surface area contributed by atoms with Crippen molar-refractivity contribution in [3.05, 3.63) is 59.9 Å². The number of amides is 2. The minimum absolute atomic E-state index is 0.0169. The zero-order valence-corrected chi connectivity index (χ0v) is 13.2. The second-order valence-electron chi connectivity index (χ2n) is 5.84. The second-order valence-corrected chi connectivity index (χ2v) is 5.84. The standard InChI is InChI=1S/C18H15N5O2/c24-17(8-11-1-2-13-9-18(25)20-14(13)7-11)21-16-10-15(22-23-16)12-3-5-19-6-4-12/h1-7,10H,8-9H2,(H,20,25)(H2,21,22,23,24). The third-order valence-corrected chi connectivity index (χ3v) is 4.00. The lowest BCUT2D eigenvalue weighted by Gasteiger charge is -2.04. The maximum absolute atomic E-state index is 12.2. The molecule has 4 rings (SSSR count). The minimum atomic E-state index is -0.169. The number of benzene rings is 1. The average molecular weight is 333 g/mol. The number of hydrogen-bond acceptors (Lipinski definition) is 4. The molecule has 3 aromatic rings. The molecular formula is C18H15N5O2. The second kappa shape index (κ2) is 6.20. The van der Waals surface area contributed by atoms with Gasteiger partial charge < -0.3 is 10.6 Å². The van der Waals surface area contributed by atoms with Gasteiger partial charge in [0.05, 0.1) is 18.5 Å². The summed E-state index contributed by atoms with van der Waals surface area (Å²) in [4.78, 5) is 27.6. The highest BCUT2D eigenvalue weighted by molar-refractivity contribution is 5.99. The number of pyridine rings is 1. The molecule has 0 spiro atoms. The summed E-state index contributed by atoms with van der Waals surface area (Å²) in [6.45, 7) is 0. The molecule has 2 amide bonds. The van der Waals surface area contributed by atoms with Gasteiger partial charge in [0.25, 0.3) is 0 Å². The number of carbonyl (C=O) groups is 2. The van der Waals surface area contributed by atoms with Crippen LogP contribution in [0.25, 0.3) is 11.3 Å². The molecule has 25 heavy (non-hydrogen) atoms. The van der Waals surface area contributed by atoms with Crippen molar-refractivity contribution in [2.75, 3.05) is 10.6 Å². The van der Waals surface area contributed by atoms with Crippen LogP contribution in [0.3, 0.4) is 0 Å². The molecule has 1 aliphatic heterocycles. The van der Waals surface area contributed by atoms with Gasteiger partial charge in [0.15, 0.2) is 5.82 Å². The summed E-state index contributed by atoms with van der Waals surface area (Å²) in [5, 5.41) is 12.6. The molecular weight excluding hydrogens is 318 g/mol. The Morgan fingerprint density at radius 1 is 1.16 bits per heavy atom. The first kappa shape index (κ1) is 15.1. The van der Waals surface area contributed by atoms with E-state index < -0.39 is 0 Å². The molecule has 3 N–H and O–H groups in total. The van der Waals surface area contributed by atoms with Gasteiger partial charge in [-0.25, -0.2) is 0 Å². The van der Waals surface area contributed by atoms with Crippen LogP contribution in [0.5, 0.6) is 0 Å². The molecule has 7 nitrogen and oxygen atoms in total. The van der Waals surface area contributed by atoms with E-state index in [9.17, 15) is 9.59 Å². The predicted octanol–water partition coefficient (Wildman–Crippen LogP) is 2.15. The van der Waals surface area contributed by atoms with Crippen LogP contribution in [0.15, 0.2) is 48.8 Å². The SMILES string of the molecule is O=C(Cc1ccc2c(c1)NC(=O)C2)Nc1cc(-c2ccncc2)[nH]n1. The van der Waals surface area contributed by atoms with Gasteiger partial charge in [0, 0.05) is 29.7 Å². The number of anilines is 2. The van der Waals surface area contributed by atoms with E-state index in [-0.39, 0.29) is 18.2 Å². The topological polar surface area (TPSA) is 99.8 Å². The van der Waals surface area contributed by atoms with Crippen LogP contribution in [0, 0.1) is 0 Å². The number of nitrogens with zero attached hydrogens (tertiary/aromatic N) is 2. The lowest BCUT2D eigenvalue weighted by atomic mass is 10.1. The Morgan fingerprint density at radius 2 is 2.00 bits per heavy atom. The van der Waals surface area contributed by atoms with E-state index in [4.69, 9.17) is 0 Å². The number of aromatic nitrogens is 3. The molecule has 3 heterocycles. The summed E-state index contributed by atoms with van der Waals surface area (Å²) in [6.07, 6.45) is 4.00. The van der Waals surface area contributed by atoms with Crippen LogP contribution in [0.4, 0.5) is 11.5 Å². The van der Waals surface area contributed by atoms with Gasteiger partial charge in [-0.2, -0.15) is 5.10 Å². The fourth-order valence-corrected chi connectivity index (χ4v) is 2.81. The highest BCUT2D eigenvalue weighted by Crippen LogP contribution is 2.24. The lowest BCUT2D eigenvalue weighted by Crippen LogP contribution is -2.14. The van der Waals surface area contributed by atoms with Crippen molar-refractivity contribution in [1.29, 1.82) is 0 Å². The molecule has 2 aromatic heterocycles. The van der Waals surface area contributed by atoms with Crippen molar-refractivity contribution in [3.63, 3.8) is 0 Å². The van der Waals surface area contributed by atoms with Crippen molar-refractivity contribution >= 4 is 23.3 Å². The van der Waals surface area contributed by atoms with Crippen LogP contribution in [-0.4, -0.2) is 27.0 Å². The fraction of sp³-hybridized carbons (Fsp3) is 0.111. The van der Waals surface area contributed by atoms with Crippen molar-refractivity contribution in [3.8, 4) is 11.3 Å². The van der Waals surface area contributed by atoms with Crippen molar-refractivity contribution in [1.82, 2.24) is 15.2 Å². The number of hydrogen-bond donors (Lipinski definition) is 3. The Kier molecular flexibility index (Phi) is 3.74. The van der Waals surface area contributed by atoms with E-state index >= 15 is 0 Å².